The molecule has 2 rings (SSSR count). The van der Waals surface area contributed by atoms with Crippen LogP contribution in [-0.2, 0) is 4.74 Å². The quantitative estimate of drug-likeness (QED) is 0.857. The van der Waals surface area contributed by atoms with Crippen molar-refractivity contribution in [3.05, 3.63) is 28.8 Å². The number of hydrogen-bond acceptors (Lipinski definition) is 3. The molecule has 17 heavy (non-hydrogen) atoms. The topological polar surface area (TPSA) is 38.7 Å². The lowest BCUT2D eigenvalue weighted by Crippen LogP contribution is -2.23. The number of aliphatic hydroxyl groups excluding tert-OH is 1. The zero-order valence-corrected chi connectivity index (χ0v) is 10.7. The average Bonchev–Trinajstić information content (AvgIpc) is 2.28. The van der Waals surface area contributed by atoms with Gasteiger partial charge in [-0.25, -0.2) is 0 Å². The molecule has 0 aromatic heterocycles. The van der Waals surface area contributed by atoms with E-state index in [1.807, 2.05) is 13.8 Å². The van der Waals surface area contributed by atoms with Gasteiger partial charge in [-0.2, -0.15) is 0 Å². The lowest BCUT2D eigenvalue weighted by molar-refractivity contribution is -0.0448. The molecule has 2 atom stereocenters. The first kappa shape index (κ1) is 12.4. The largest absolute Gasteiger partial charge is 0.496 e. The average molecular weight is 236 g/mol. The second kappa shape index (κ2) is 5.07. The summed E-state index contributed by atoms with van der Waals surface area (Å²) >= 11 is 0. The van der Waals surface area contributed by atoms with Crippen molar-refractivity contribution < 1.29 is 14.6 Å². The summed E-state index contributed by atoms with van der Waals surface area (Å²) in [6.07, 6.45) is 1.20. The molecule has 0 aliphatic carbocycles. The van der Waals surface area contributed by atoms with Crippen LogP contribution in [0.15, 0.2) is 12.1 Å². The van der Waals surface area contributed by atoms with E-state index in [2.05, 4.69) is 12.1 Å². The van der Waals surface area contributed by atoms with Gasteiger partial charge >= 0.3 is 0 Å². The molecule has 0 bridgehead atoms. The zero-order valence-electron chi connectivity index (χ0n) is 10.7. The van der Waals surface area contributed by atoms with Crippen LogP contribution >= 0.6 is 0 Å². The number of hydrogen-bond donors (Lipinski definition) is 1. The molecule has 2 unspecified atom stereocenters. The molecule has 1 aromatic rings. The van der Waals surface area contributed by atoms with Crippen molar-refractivity contribution in [3.8, 4) is 5.75 Å². The van der Waals surface area contributed by atoms with Gasteiger partial charge in [0.25, 0.3) is 0 Å². The van der Waals surface area contributed by atoms with Gasteiger partial charge in [0.2, 0.25) is 0 Å². The minimum absolute atomic E-state index is 0.0158. The van der Waals surface area contributed by atoms with Crippen molar-refractivity contribution in [2.45, 2.75) is 38.9 Å². The highest BCUT2D eigenvalue weighted by molar-refractivity contribution is 5.44. The number of aryl methyl sites for hydroxylation is 2. The van der Waals surface area contributed by atoms with E-state index in [0.29, 0.717) is 13.0 Å². The molecule has 1 aliphatic heterocycles. The van der Waals surface area contributed by atoms with E-state index in [-0.39, 0.29) is 12.2 Å². The van der Waals surface area contributed by atoms with Gasteiger partial charge in [0.1, 0.15) is 5.75 Å². The normalized spacial score (nSPS) is 24.7. The monoisotopic (exact) mass is 236 g/mol. The van der Waals surface area contributed by atoms with Crippen LogP contribution in [0.1, 0.15) is 35.6 Å². The molecule has 0 radical (unpaired) electrons. The maximum absolute atomic E-state index is 9.68. The van der Waals surface area contributed by atoms with Crippen LogP contribution < -0.4 is 4.74 Å². The maximum atomic E-state index is 9.68. The van der Waals surface area contributed by atoms with Gasteiger partial charge < -0.3 is 14.6 Å². The summed E-state index contributed by atoms with van der Waals surface area (Å²) in [5.41, 5.74) is 3.37. The SMILES string of the molecule is COc1c(C)cc(C2CC(O)CCO2)cc1C. The molecule has 0 amide bonds. The fraction of sp³-hybridized carbons (Fsp3) is 0.571. The highest BCUT2D eigenvalue weighted by Crippen LogP contribution is 2.33. The minimum Gasteiger partial charge on any atom is -0.496 e. The van der Waals surface area contributed by atoms with Gasteiger partial charge in [-0.3, -0.25) is 0 Å². The minimum atomic E-state index is -0.239. The van der Waals surface area contributed by atoms with Crippen molar-refractivity contribution in [2.24, 2.45) is 0 Å². The fourth-order valence-electron chi connectivity index (χ4n) is 2.50. The Balaban J connectivity index is 2.27. The van der Waals surface area contributed by atoms with Crippen LogP contribution in [0, 0.1) is 13.8 Å². The van der Waals surface area contributed by atoms with Crippen LogP contribution in [0.25, 0.3) is 0 Å². The zero-order chi connectivity index (χ0) is 12.4. The Morgan fingerprint density at radius 1 is 1.29 bits per heavy atom. The summed E-state index contributed by atoms with van der Waals surface area (Å²) < 4.78 is 11.1. The molecule has 0 spiro atoms. The van der Waals surface area contributed by atoms with E-state index in [1.54, 1.807) is 7.11 Å². The molecular weight excluding hydrogens is 216 g/mol. The number of ether oxygens (including phenoxy) is 2. The third kappa shape index (κ3) is 2.61. The predicted octanol–water partition coefficient (Wildman–Crippen LogP) is 2.52. The number of aliphatic hydroxyl groups is 1. The van der Waals surface area contributed by atoms with E-state index in [0.717, 1.165) is 28.9 Å². The molecule has 1 saturated heterocycles. The summed E-state index contributed by atoms with van der Waals surface area (Å²) in [6.45, 7) is 4.71. The van der Waals surface area contributed by atoms with E-state index in [4.69, 9.17) is 9.47 Å². The van der Waals surface area contributed by atoms with Gasteiger partial charge in [-0.15, -0.1) is 0 Å². The first-order valence-corrected chi connectivity index (χ1v) is 6.06. The Morgan fingerprint density at radius 2 is 1.94 bits per heavy atom. The van der Waals surface area contributed by atoms with E-state index < -0.39 is 0 Å². The third-order valence-electron chi connectivity index (χ3n) is 3.31. The van der Waals surface area contributed by atoms with Gasteiger partial charge in [-0.05, 0) is 49.1 Å². The summed E-state index contributed by atoms with van der Waals surface area (Å²) in [6, 6.07) is 4.18. The van der Waals surface area contributed by atoms with Crippen molar-refractivity contribution in [1.29, 1.82) is 0 Å². The Hall–Kier alpha value is -1.06. The van der Waals surface area contributed by atoms with E-state index in [9.17, 15) is 5.11 Å². The molecular formula is C14H20O3. The molecule has 1 N–H and O–H groups in total. The van der Waals surface area contributed by atoms with E-state index >= 15 is 0 Å². The summed E-state index contributed by atoms with van der Waals surface area (Å²) in [5.74, 6) is 0.935. The van der Waals surface area contributed by atoms with Gasteiger partial charge in [0, 0.05) is 13.0 Å². The predicted molar refractivity (Wildman–Crippen MR) is 66.4 cm³/mol. The smallest absolute Gasteiger partial charge is 0.124 e. The van der Waals surface area contributed by atoms with Crippen LogP contribution in [0.4, 0.5) is 0 Å². The Kier molecular flexibility index (Phi) is 3.69. The Labute approximate surface area is 102 Å². The highest BCUT2D eigenvalue weighted by Gasteiger charge is 2.23. The highest BCUT2D eigenvalue weighted by atomic mass is 16.5. The van der Waals surface area contributed by atoms with Crippen molar-refractivity contribution in [1.82, 2.24) is 0 Å². The summed E-state index contributed by atoms with van der Waals surface area (Å²) in [7, 11) is 1.69. The lowest BCUT2D eigenvalue weighted by atomic mass is 9.96. The molecule has 1 heterocycles. The van der Waals surface area contributed by atoms with E-state index in [1.165, 1.54) is 0 Å². The van der Waals surface area contributed by atoms with Crippen molar-refractivity contribution in [2.75, 3.05) is 13.7 Å². The van der Waals surface area contributed by atoms with Crippen molar-refractivity contribution >= 4 is 0 Å². The van der Waals surface area contributed by atoms with Gasteiger partial charge in [0.05, 0.1) is 19.3 Å². The molecule has 1 fully saturated rings. The molecule has 3 nitrogen and oxygen atoms in total. The second-order valence-corrected chi connectivity index (χ2v) is 4.73. The molecule has 1 aromatic carbocycles. The summed E-state index contributed by atoms with van der Waals surface area (Å²) in [5, 5.41) is 9.68. The van der Waals surface area contributed by atoms with Crippen LogP contribution in [0.5, 0.6) is 5.75 Å². The number of rotatable bonds is 2. The first-order chi connectivity index (χ1) is 8.11. The first-order valence-electron chi connectivity index (χ1n) is 6.06. The second-order valence-electron chi connectivity index (χ2n) is 4.73. The standard InChI is InChI=1S/C14H20O3/c1-9-6-11(7-10(2)14(9)16-3)13-8-12(15)4-5-17-13/h6-7,12-13,15H,4-5,8H2,1-3H3. The molecule has 0 saturated carbocycles. The number of methoxy groups -OCH3 is 1. The molecule has 3 heteroatoms. The third-order valence-corrected chi connectivity index (χ3v) is 3.31. The molecule has 1 aliphatic rings. The van der Waals surface area contributed by atoms with Gasteiger partial charge in [-0.1, -0.05) is 0 Å². The van der Waals surface area contributed by atoms with Crippen molar-refractivity contribution in [3.63, 3.8) is 0 Å². The summed E-state index contributed by atoms with van der Waals surface area (Å²) in [4.78, 5) is 0. The van der Waals surface area contributed by atoms with Crippen LogP contribution in [-0.4, -0.2) is 24.9 Å². The Bertz CT molecular complexity index is 377. The lowest BCUT2D eigenvalue weighted by Gasteiger charge is -2.27. The maximum Gasteiger partial charge on any atom is 0.124 e. The van der Waals surface area contributed by atoms with Crippen LogP contribution in [0.3, 0.4) is 0 Å². The van der Waals surface area contributed by atoms with Crippen LogP contribution in [0.2, 0.25) is 0 Å². The van der Waals surface area contributed by atoms with Gasteiger partial charge in [0.15, 0.2) is 0 Å². The molecule has 94 valence electrons. The Morgan fingerprint density at radius 3 is 2.47 bits per heavy atom. The fourth-order valence-corrected chi connectivity index (χ4v) is 2.50. The number of benzene rings is 1.